The average Bonchev–Trinajstić information content (AvgIpc) is 2.28. The molecule has 0 saturated carbocycles. The predicted molar refractivity (Wildman–Crippen MR) is 64.3 cm³/mol. The number of nitrogens with two attached hydrogens (primary N) is 1. The molecule has 0 saturated heterocycles. The summed E-state index contributed by atoms with van der Waals surface area (Å²) in [4.78, 5) is 3.96. The lowest BCUT2D eigenvalue weighted by Crippen LogP contribution is -2.03. The number of aryl methyl sites for hydroxylation is 1. The van der Waals surface area contributed by atoms with E-state index in [2.05, 4.69) is 4.98 Å². The van der Waals surface area contributed by atoms with E-state index in [1.165, 1.54) is 5.56 Å². The smallest absolute Gasteiger partial charge is 0.123 e. The third kappa shape index (κ3) is 5.68. The Morgan fingerprint density at radius 2 is 2.12 bits per heavy atom. The second-order valence-corrected chi connectivity index (χ2v) is 3.65. The number of methoxy groups -OCH3 is 1. The predicted octanol–water partition coefficient (Wildman–Crippen LogP) is 1.65. The fourth-order valence-electron chi connectivity index (χ4n) is 1.43. The number of unbranched alkanes of at least 4 members (excludes halogenated alkanes) is 1. The summed E-state index contributed by atoms with van der Waals surface area (Å²) in [6, 6.07) is 3.92. The highest BCUT2D eigenvalue weighted by Crippen LogP contribution is 2.07. The number of aromatic nitrogens is 1. The van der Waals surface area contributed by atoms with Crippen LogP contribution in [0.1, 0.15) is 18.4 Å². The molecule has 1 heterocycles. The Bertz CT molecular complexity index is 292. The normalized spacial score (nSPS) is 10.6. The van der Waals surface area contributed by atoms with Gasteiger partial charge in [-0.05, 0) is 37.0 Å². The molecule has 0 aliphatic heterocycles. The minimum Gasteiger partial charge on any atom is -0.384 e. The van der Waals surface area contributed by atoms with Crippen LogP contribution in [-0.2, 0) is 15.9 Å². The highest BCUT2D eigenvalue weighted by atomic mass is 16.5. The van der Waals surface area contributed by atoms with Gasteiger partial charge < -0.3 is 15.2 Å². The van der Waals surface area contributed by atoms with Gasteiger partial charge in [0.2, 0.25) is 0 Å². The van der Waals surface area contributed by atoms with E-state index in [4.69, 9.17) is 15.2 Å². The molecule has 0 unspecified atom stereocenters. The Morgan fingerprint density at radius 3 is 2.88 bits per heavy atom. The molecule has 0 radical (unpaired) electrons. The summed E-state index contributed by atoms with van der Waals surface area (Å²) in [6.07, 6.45) is 4.95. The van der Waals surface area contributed by atoms with Crippen LogP contribution in [0, 0.1) is 0 Å². The topological polar surface area (TPSA) is 57.4 Å². The summed E-state index contributed by atoms with van der Waals surface area (Å²) >= 11 is 0. The van der Waals surface area contributed by atoms with Gasteiger partial charge in [0.25, 0.3) is 0 Å². The van der Waals surface area contributed by atoms with Gasteiger partial charge >= 0.3 is 0 Å². The molecule has 0 atom stereocenters. The molecule has 0 bridgehead atoms. The maximum atomic E-state index is 5.59. The summed E-state index contributed by atoms with van der Waals surface area (Å²) in [5.41, 5.74) is 6.83. The van der Waals surface area contributed by atoms with E-state index >= 15 is 0 Å². The minimum absolute atomic E-state index is 0.592. The Hall–Kier alpha value is -1.13. The lowest BCUT2D eigenvalue weighted by molar-refractivity contribution is 0.0688. The highest BCUT2D eigenvalue weighted by molar-refractivity contribution is 5.31. The van der Waals surface area contributed by atoms with Crippen LogP contribution in [0.15, 0.2) is 18.3 Å². The first kappa shape index (κ1) is 12.9. The summed E-state index contributed by atoms with van der Waals surface area (Å²) in [5, 5.41) is 0. The van der Waals surface area contributed by atoms with E-state index in [0.717, 1.165) is 25.9 Å². The molecule has 1 aromatic heterocycles. The first-order chi connectivity index (χ1) is 7.83. The van der Waals surface area contributed by atoms with Crippen LogP contribution >= 0.6 is 0 Å². The maximum absolute atomic E-state index is 5.59. The molecule has 4 heteroatoms. The first-order valence-corrected chi connectivity index (χ1v) is 5.60. The Labute approximate surface area is 96.8 Å². The van der Waals surface area contributed by atoms with Crippen molar-refractivity contribution >= 4 is 5.82 Å². The van der Waals surface area contributed by atoms with E-state index in [9.17, 15) is 0 Å². The molecule has 2 N–H and O–H groups in total. The lowest BCUT2D eigenvalue weighted by atomic mass is 10.1. The van der Waals surface area contributed by atoms with Crippen LogP contribution in [0.4, 0.5) is 5.82 Å². The minimum atomic E-state index is 0.592. The molecule has 0 aromatic carbocycles. The van der Waals surface area contributed by atoms with Crippen LogP contribution < -0.4 is 5.73 Å². The molecule has 1 rings (SSSR count). The van der Waals surface area contributed by atoms with E-state index < -0.39 is 0 Å². The zero-order valence-corrected chi connectivity index (χ0v) is 9.82. The molecule has 90 valence electrons. The molecule has 0 amide bonds. The zero-order chi connectivity index (χ0) is 11.6. The van der Waals surface area contributed by atoms with Crippen LogP contribution in [0.25, 0.3) is 0 Å². The van der Waals surface area contributed by atoms with Gasteiger partial charge in [-0.1, -0.05) is 0 Å². The molecule has 0 aliphatic rings. The second-order valence-electron chi connectivity index (χ2n) is 3.65. The van der Waals surface area contributed by atoms with Crippen molar-refractivity contribution in [2.75, 3.05) is 32.7 Å². The van der Waals surface area contributed by atoms with Gasteiger partial charge in [-0.25, -0.2) is 4.98 Å². The van der Waals surface area contributed by atoms with Gasteiger partial charge in [0.15, 0.2) is 0 Å². The van der Waals surface area contributed by atoms with Crippen molar-refractivity contribution in [1.29, 1.82) is 0 Å². The van der Waals surface area contributed by atoms with Crippen molar-refractivity contribution in [2.45, 2.75) is 19.3 Å². The number of hydrogen-bond donors (Lipinski definition) is 1. The Kier molecular flexibility index (Phi) is 6.53. The van der Waals surface area contributed by atoms with Gasteiger partial charge in [0.1, 0.15) is 5.82 Å². The zero-order valence-electron chi connectivity index (χ0n) is 9.82. The second kappa shape index (κ2) is 8.07. The van der Waals surface area contributed by atoms with Gasteiger partial charge in [0.05, 0.1) is 13.2 Å². The van der Waals surface area contributed by atoms with E-state index in [0.29, 0.717) is 19.0 Å². The van der Waals surface area contributed by atoms with Crippen molar-refractivity contribution in [3.8, 4) is 0 Å². The van der Waals surface area contributed by atoms with Crippen molar-refractivity contribution in [1.82, 2.24) is 4.98 Å². The van der Waals surface area contributed by atoms with Gasteiger partial charge in [-0.3, -0.25) is 0 Å². The molecule has 16 heavy (non-hydrogen) atoms. The van der Waals surface area contributed by atoms with Gasteiger partial charge in [0, 0.05) is 19.9 Å². The largest absolute Gasteiger partial charge is 0.384 e. The standard InChI is InChI=1S/C12H20N2O2/c1-15-8-9-16-7-3-2-4-11-5-6-14-12(13)10-11/h5-6,10H,2-4,7-9H2,1H3,(H2,13,14). The summed E-state index contributed by atoms with van der Waals surface area (Å²) < 4.78 is 10.3. The number of rotatable bonds is 8. The van der Waals surface area contributed by atoms with Crippen LogP contribution in [-0.4, -0.2) is 31.9 Å². The third-order valence-corrected chi connectivity index (χ3v) is 2.28. The number of anilines is 1. The molecule has 0 fully saturated rings. The van der Waals surface area contributed by atoms with Gasteiger partial charge in [-0.2, -0.15) is 0 Å². The summed E-state index contributed by atoms with van der Waals surface area (Å²) in [5.74, 6) is 0.592. The van der Waals surface area contributed by atoms with Crippen LogP contribution in [0.5, 0.6) is 0 Å². The van der Waals surface area contributed by atoms with Crippen molar-refractivity contribution in [2.24, 2.45) is 0 Å². The van der Waals surface area contributed by atoms with Crippen molar-refractivity contribution in [3.05, 3.63) is 23.9 Å². The van der Waals surface area contributed by atoms with Crippen LogP contribution in [0.3, 0.4) is 0 Å². The number of nitrogen functional groups attached to an aromatic ring is 1. The SMILES string of the molecule is COCCOCCCCc1ccnc(N)c1. The molecule has 0 spiro atoms. The first-order valence-electron chi connectivity index (χ1n) is 5.60. The average molecular weight is 224 g/mol. The quantitative estimate of drug-likeness (QED) is 0.682. The monoisotopic (exact) mass is 224 g/mol. The van der Waals surface area contributed by atoms with Crippen molar-refractivity contribution < 1.29 is 9.47 Å². The maximum Gasteiger partial charge on any atom is 0.123 e. The Morgan fingerprint density at radius 1 is 1.25 bits per heavy atom. The lowest BCUT2D eigenvalue weighted by Gasteiger charge is -2.04. The van der Waals surface area contributed by atoms with Crippen molar-refractivity contribution in [3.63, 3.8) is 0 Å². The molecule has 1 aromatic rings. The molecule has 0 aliphatic carbocycles. The Balaban J connectivity index is 2.03. The van der Waals surface area contributed by atoms with E-state index in [-0.39, 0.29) is 0 Å². The highest BCUT2D eigenvalue weighted by Gasteiger charge is 1.95. The van der Waals surface area contributed by atoms with Gasteiger partial charge in [-0.15, -0.1) is 0 Å². The van der Waals surface area contributed by atoms with Crippen LogP contribution in [0.2, 0.25) is 0 Å². The number of ether oxygens (including phenoxy) is 2. The number of nitrogens with zero attached hydrogens (tertiary/aromatic N) is 1. The van der Waals surface area contributed by atoms with E-state index in [1.54, 1.807) is 13.3 Å². The molecule has 4 nitrogen and oxygen atoms in total. The fourth-order valence-corrected chi connectivity index (χ4v) is 1.43. The van der Waals surface area contributed by atoms with E-state index in [1.807, 2.05) is 12.1 Å². The molecular formula is C12H20N2O2. The third-order valence-electron chi connectivity index (χ3n) is 2.28. The number of pyridine rings is 1. The summed E-state index contributed by atoms with van der Waals surface area (Å²) in [7, 11) is 1.68. The molecular weight excluding hydrogens is 204 g/mol. The summed E-state index contributed by atoms with van der Waals surface area (Å²) in [6.45, 7) is 2.14. The fraction of sp³-hybridized carbons (Fsp3) is 0.583. The number of hydrogen-bond acceptors (Lipinski definition) is 4.